The van der Waals surface area contributed by atoms with Crippen molar-refractivity contribution in [2.75, 3.05) is 23.7 Å². The minimum absolute atomic E-state index is 0.0436. The molecule has 1 aromatic carbocycles. The van der Waals surface area contributed by atoms with Crippen LogP contribution in [0.4, 0.5) is 10.1 Å². The predicted octanol–water partition coefficient (Wildman–Crippen LogP) is 0.550. The molecule has 6 heteroatoms. The molecule has 0 aliphatic carbocycles. The summed E-state index contributed by atoms with van der Waals surface area (Å²) in [5.41, 5.74) is 5.48. The van der Waals surface area contributed by atoms with E-state index in [1.165, 1.54) is 25.2 Å². The van der Waals surface area contributed by atoms with E-state index in [0.717, 1.165) is 10.4 Å². The molecule has 0 amide bonds. The average molecular weight is 232 g/mol. The summed E-state index contributed by atoms with van der Waals surface area (Å²) in [7, 11) is -2.06. The average Bonchev–Trinajstić information content (AvgIpc) is 2.16. The summed E-state index contributed by atoms with van der Waals surface area (Å²) in [6, 6.07) is 5.40. The van der Waals surface area contributed by atoms with Crippen molar-refractivity contribution in [1.82, 2.24) is 0 Å². The molecule has 15 heavy (non-hydrogen) atoms. The molecule has 4 nitrogen and oxygen atoms in total. The minimum Gasteiger partial charge on any atom is -0.329 e. The minimum atomic E-state index is -3.44. The Morgan fingerprint density at radius 3 is 2.67 bits per heavy atom. The van der Waals surface area contributed by atoms with Gasteiger partial charge in [0.05, 0.1) is 11.4 Å². The molecule has 84 valence electrons. The van der Waals surface area contributed by atoms with Gasteiger partial charge >= 0.3 is 0 Å². The van der Waals surface area contributed by atoms with Crippen LogP contribution in [0, 0.1) is 5.82 Å². The Bertz CT molecular complexity index is 433. The molecule has 0 unspecified atom stereocenters. The second-order valence-electron chi connectivity index (χ2n) is 3.05. The number of halogens is 1. The van der Waals surface area contributed by atoms with Crippen LogP contribution in [0.1, 0.15) is 0 Å². The number of sulfonamides is 1. The molecule has 1 aromatic rings. The van der Waals surface area contributed by atoms with E-state index >= 15 is 0 Å². The lowest BCUT2D eigenvalue weighted by Gasteiger charge is -2.18. The lowest BCUT2D eigenvalue weighted by molar-refractivity contribution is 0.594. The van der Waals surface area contributed by atoms with E-state index in [0.29, 0.717) is 5.69 Å². The summed E-state index contributed by atoms with van der Waals surface area (Å²) in [6.07, 6.45) is 0. The maximum Gasteiger partial charge on any atom is 0.236 e. The maximum absolute atomic E-state index is 12.9. The quantitative estimate of drug-likeness (QED) is 0.824. The Hall–Kier alpha value is -1.14. The molecule has 0 saturated heterocycles. The third kappa shape index (κ3) is 2.90. The Morgan fingerprint density at radius 2 is 2.13 bits per heavy atom. The number of anilines is 1. The van der Waals surface area contributed by atoms with Gasteiger partial charge in [0.25, 0.3) is 0 Å². The fourth-order valence-corrected chi connectivity index (χ4v) is 2.12. The lowest BCUT2D eigenvalue weighted by atomic mass is 10.3. The smallest absolute Gasteiger partial charge is 0.236 e. The van der Waals surface area contributed by atoms with E-state index in [4.69, 9.17) is 5.73 Å². The van der Waals surface area contributed by atoms with Crippen LogP contribution < -0.4 is 10.0 Å². The zero-order valence-corrected chi connectivity index (χ0v) is 9.17. The first-order valence-electron chi connectivity index (χ1n) is 4.39. The fraction of sp³-hybridized carbons (Fsp3) is 0.333. The zero-order chi connectivity index (χ0) is 11.5. The number of benzene rings is 1. The SMILES string of the molecule is CN(c1cccc(F)c1)S(=O)(=O)CCN. The Balaban J connectivity index is 2.99. The molecule has 0 aromatic heterocycles. The third-order valence-corrected chi connectivity index (χ3v) is 3.76. The molecular formula is C9H13FN2O2S. The van der Waals surface area contributed by atoms with E-state index in [1.807, 2.05) is 0 Å². The largest absolute Gasteiger partial charge is 0.329 e. The Labute approximate surface area is 88.6 Å². The van der Waals surface area contributed by atoms with Crippen LogP contribution in [-0.4, -0.2) is 27.8 Å². The molecule has 2 N–H and O–H groups in total. The molecule has 0 saturated carbocycles. The summed E-state index contributed by atoms with van der Waals surface area (Å²) in [6.45, 7) is 0.0436. The third-order valence-electron chi connectivity index (χ3n) is 1.96. The standard InChI is InChI=1S/C9H13FN2O2S/c1-12(15(13,14)6-5-11)9-4-2-3-8(10)7-9/h2-4,7H,5-6,11H2,1H3. The van der Waals surface area contributed by atoms with E-state index < -0.39 is 15.8 Å². The topological polar surface area (TPSA) is 63.4 Å². The van der Waals surface area contributed by atoms with Crippen molar-refractivity contribution < 1.29 is 12.8 Å². The van der Waals surface area contributed by atoms with Gasteiger partial charge in [-0.15, -0.1) is 0 Å². The van der Waals surface area contributed by atoms with Crippen LogP contribution in [0.5, 0.6) is 0 Å². The Morgan fingerprint density at radius 1 is 1.47 bits per heavy atom. The maximum atomic E-state index is 12.9. The highest BCUT2D eigenvalue weighted by Crippen LogP contribution is 2.16. The number of nitrogens with two attached hydrogens (primary N) is 1. The molecule has 0 fully saturated rings. The van der Waals surface area contributed by atoms with E-state index in [1.54, 1.807) is 0 Å². The van der Waals surface area contributed by atoms with Gasteiger partial charge in [-0.2, -0.15) is 0 Å². The number of nitrogens with zero attached hydrogens (tertiary/aromatic N) is 1. The van der Waals surface area contributed by atoms with Gasteiger partial charge in [-0.1, -0.05) is 6.07 Å². The molecule has 1 rings (SSSR count). The summed E-state index contributed by atoms with van der Waals surface area (Å²) in [4.78, 5) is 0. The van der Waals surface area contributed by atoms with E-state index in [9.17, 15) is 12.8 Å². The number of hydrogen-bond donors (Lipinski definition) is 1. The molecule has 0 atom stereocenters. The highest BCUT2D eigenvalue weighted by molar-refractivity contribution is 7.92. The van der Waals surface area contributed by atoms with Gasteiger partial charge in [0.2, 0.25) is 10.0 Å². The van der Waals surface area contributed by atoms with Crippen LogP contribution in [0.15, 0.2) is 24.3 Å². The summed E-state index contributed by atoms with van der Waals surface area (Å²) in [5.74, 6) is -0.623. The van der Waals surface area contributed by atoms with Gasteiger partial charge in [-0.3, -0.25) is 4.31 Å². The van der Waals surface area contributed by atoms with Crippen molar-refractivity contribution in [3.05, 3.63) is 30.1 Å². The summed E-state index contributed by atoms with van der Waals surface area (Å²) < 4.78 is 37.0. The molecule has 0 heterocycles. The first-order chi connectivity index (χ1) is 6.97. The Kier molecular flexibility index (Phi) is 3.65. The number of hydrogen-bond acceptors (Lipinski definition) is 3. The fourth-order valence-electron chi connectivity index (χ4n) is 1.12. The first-order valence-corrected chi connectivity index (χ1v) is 6.00. The second kappa shape index (κ2) is 4.59. The van der Waals surface area contributed by atoms with Crippen molar-refractivity contribution in [3.63, 3.8) is 0 Å². The van der Waals surface area contributed by atoms with Gasteiger partial charge in [0, 0.05) is 13.6 Å². The van der Waals surface area contributed by atoms with E-state index in [2.05, 4.69) is 0 Å². The van der Waals surface area contributed by atoms with Crippen LogP contribution in [-0.2, 0) is 10.0 Å². The van der Waals surface area contributed by atoms with Gasteiger partial charge in [0.15, 0.2) is 0 Å². The molecule has 0 aliphatic heterocycles. The van der Waals surface area contributed by atoms with Gasteiger partial charge in [0.1, 0.15) is 5.82 Å². The highest BCUT2D eigenvalue weighted by atomic mass is 32.2. The first kappa shape index (κ1) is 11.9. The molecular weight excluding hydrogens is 219 g/mol. The second-order valence-corrected chi connectivity index (χ2v) is 5.17. The molecule has 0 aliphatic rings. The van der Waals surface area contributed by atoms with Crippen molar-refractivity contribution in [2.24, 2.45) is 5.73 Å². The normalized spacial score (nSPS) is 11.4. The van der Waals surface area contributed by atoms with Crippen molar-refractivity contribution in [1.29, 1.82) is 0 Å². The van der Waals surface area contributed by atoms with Crippen LogP contribution in [0.3, 0.4) is 0 Å². The zero-order valence-electron chi connectivity index (χ0n) is 8.35. The summed E-state index contributed by atoms with van der Waals surface area (Å²) in [5, 5.41) is 0. The van der Waals surface area contributed by atoms with Crippen LogP contribution in [0.25, 0.3) is 0 Å². The van der Waals surface area contributed by atoms with Gasteiger partial charge < -0.3 is 5.73 Å². The van der Waals surface area contributed by atoms with Gasteiger partial charge in [-0.05, 0) is 18.2 Å². The summed E-state index contributed by atoms with van der Waals surface area (Å²) >= 11 is 0. The monoisotopic (exact) mass is 232 g/mol. The molecule has 0 radical (unpaired) electrons. The lowest BCUT2D eigenvalue weighted by Crippen LogP contribution is -2.31. The van der Waals surface area contributed by atoms with Crippen molar-refractivity contribution >= 4 is 15.7 Å². The predicted molar refractivity (Wildman–Crippen MR) is 57.6 cm³/mol. The van der Waals surface area contributed by atoms with Gasteiger partial charge in [-0.25, -0.2) is 12.8 Å². The van der Waals surface area contributed by atoms with Crippen molar-refractivity contribution in [2.45, 2.75) is 0 Å². The van der Waals surface area contributed by atoms with Crippen LogP contribution >= 0.6 is 0 Å². The number of rotatable bonds is 4. The molecule has 0 bridgehead atoms. The highest BCUT2D eigenvalue weighted by Gasteiger charge is 2.17. The van der Waals surface area contributed by atoms with Crippen molar-refractivity contribution in [3.8, 4) is 0 Å². The molecule has 0 spiro atoms. The van der Waals surface area contributed by atoms with Crippen LogP contribution in [0.2, 0.25) is 0 Å². The van der Waals surface area contributed by atoms with E-state index in [-0.39, 0.29) is 12.3 Å².